The summed E-state index contributed by atoms with van der Waals surface area (Å²) in [5, 5.41) is 7.66. The molecule has 1 aromatic carbocycles. The second-order valence-electron chi connectivity index (χ2n) is 7.37. The fourth-order valence-corrected chi connectivity index (χ4v) is 3.02. The molecular formula is C21H28ClN3O4. The van der Waals surface area contributed by atoms with Crippen molar-refractivity contribution in [2.24, 2.45) is 7.05 Å². The summed E-state index contributed by atoms with van der Waals surface area (Å²) in [5.41, 5.74) is 3.89. The van der Waals surface area contributed by atoms with Crippen LogP contribution in [-0.2, 0) is 21.4 Å². The maximum atomic E-state index is 12.4. The van der Waals surface area contributed by atoms with E-state index in [9.17, 15) is 9.59 Å². The monoisotopic (exact) mass is 421 g/mol. The summed E-state index contributed by atoms with van der Waals surface area (Å²) in [7, 11) is 1.79. The largest absolute Gasteiger partial charge is 0.482 e. The van der Waals surface area contributed by atoms with Crippen molar-refractivity contribution in [1.29, 1.82) is 0 Å². The number of anilines is 1. The van der Waals surface area contributed by atoms with Gasteiger partial charge in [-0.15, -0.1) is 0 Å². The van der Waals surface area contributed by atoms with E-state index in [-0.39, 0.29) is 12.5 Å². The predicted octanol–water partition coefficient (Wildman–Crippen LogP) is 4.07. The van der Waals surface area contributed by atoms with Crippen molar-refractivity contribution >= 4 is 29.2 Å². The van der Waals surface area contributed by atoms with Gasteiger partial charge in [-0.25, -0.2) is 4.79 Å². The Morgan fingerprint density at radius 3 is 2.41 bits per heavy atom. The molecule has 0 aliphatic heterocycles. The van der Waals surface area contributed by atoms with E-state index in [1.165, 1.54) is 6.92 Å². The molecule has 1 heterocycles. The van der Waals surface area contributed by atoms with Gasteiger partial charge in [-0.1, -0.05) is 25.4 Å². The van der Waals surface area contributed by atoms with Crippen LogP contribution in [0.15, 0.2) is 12.1 Å². The van der Waals surface area contributed by atoms with Gasteiger partial charge in [-0.2, -0.15) is 5.10 Å². The molecule has 0 saturated carbocycles. The Morgan fingerprint density at radius 1 is 1.21 bits per heavy atom. The lowest BCUT2D eigenvalue weighted by Gasteiger charge is -2.17. The number of aromatic nitrogens is 2. The minimum absolute atomic E-state index is 0.176. The van der Waals surface area contributed by atoms with Gasteiger partial charge in [0.1, 0.15) is 5.75 Å². The average molecular weight is 422 g/mol. The zero-order chi connectivity index (χ0) is 21.9. The van der Waals surface area contributed by atoms with Crippen molar-refractivity contribution in [3.8, 4) is 5.75 Å². The molecule has 158 valence electrons. The van der Waals surface area contributed by atoms with Gasteiger partial charge in [0.15, 0.2) is 12.7 Å². The first-order valence-corrected chi connectivity index (χ1v) is 9.82. The highest BCUT2D eigenvalue weighted by atomic mass is 35.5. The number of nitrogens with zero attached hydrogens (tertiary/aromatic N) is 2. The SMILES string of the molecule is Cc1cc(OCC(=O)O[C@@H](C)C(=O)Nc2c(C)nn(C)c2C)c(C(C)C)cc1Cl. The van der Waals surface area contributed by atoms with Gasteiger partial charge in [-0.05, 0) is 56.9 Å². The van der Waals surface area contributed by atoms with Gasteiger partial charge in [0.05, 0.1) is 17.1 Å². The van der Waals surface area contributed by atoms with E-state index in [0.717, 1.165) is 16.8 Å². The second kappa shape index (κ2) is 9.31. The molecule has 2 aromatic rings. The molecule has 0 aliphatic carbocycles. The van der Waals surface area contributed by atoms with Crippen molar-refractivity contribution in [1.82, 2.24) is 9.78 Å². The summed E-state index contributed by atoms with van der Waals surface area (Å²) in [5.74, 6) is -0.301. The van der Waals surface area contributed by atoms with Crippen molar-refractivity contribution in [3.63, 3.8) is 0 Å². The van der Waals surface area contributed by atoms with E-state index in [4.69, 9.17) is 21.1 Å². The number of carbonyl (C=O) groups excluding carboxylic acids is 2. The van der Waals surface area contributed by atoms with E-state index in [1.807, 2.05) is 33.8 Å². The van der Waals surface area contributed by atoms with Crippen LogP contribution in [0, 0.1) is 20.8 Å². The molecule has 0 spiro atoms. The van der Waals surface area contributed by atoms with E-state index < -0.39 is 18.0 Å². The summed E-state index contributed by atoms with van der Waals surface area (Å²) in [6.07, 6.45) is -0.971. The molecule has 0 unspecified atom stereocenters. The first-order chi connectivity index (χ1) is 13.5. The number of halogens is 1. The number of ether oxygens (including phenoxy) is 2. The maximum absolute atomic E-state index is 12.4. The summed E-state index contributed by atoms with van der Waals surface area (Å²) in [6.45, 7) is 10.8. The average Bonchev–Trinajstić information content (AvgIpc) is 2.88. The molecule has 1 amide bonds. The molecule has 0 radical (unpaired) electrons. The Morgan fingerprint density at radius 2 is 1.86 bits per heavy atom. The highest BCUT2D eigenvalue weighted by molar-refractivity contribution is 6.31. The lowest BCUT2D eigenvalue weighted by molar-refractivity contribution is -0.155. The van der Waals surface area contributed by atoms with Gasteiger partial charge in [-0.3, -0.25) is 9.48 Å². The highest BCUT2D eigenvalue weighted by Crippen LogP contribution is 2.32. The maximum Gasteiger partial charge on any atom is 0.344 e. The zero-order valence-corrected chi connectivity index (χ0v) is 18.7. The Bertz CT molecular complexity index is 921. The topological polar surface area (TPSA) is 82.4 Å². The van der Waals surface area contributed by atoms with Gasteiger partial charge in [0, 0.05) is 12.1 Å². The number of amides is 1. The Kier molecular flexibility index (Phi) is 7.30. The summed E-state index contributed by atoms with van der Waals surface area (Å²) in [6, 6.07) is 3.64. The van der Waals surface area contributed by atoms with Gasteiger partial charge in [0.2, 0.25) is 0 Å². The molecule has 1 aromatic heterocycles. The third-order valence-electron chi connectivity index (χ3n) is 4.69. The number of benzene rings is 1. The Balaban J connectivity index is 1.97. The molecule has 0 bridgehead atoms. The molecule has 1 atom stereocenters. The van der Waals surface area contributed by atoms with E-state index in [2.05, 4.69) is 10.4 Å². The predicted molar refractivity (Wildman–Crippen MR) is 113 cm³/mol. The number of carbonyl (C=O) groups is 2. The molecule has 1 N–H and O–H groups in total. The van der Waals surface area contributed by atoms with E-state index in [1.54, 1.807) is 24.7 Å². The molecular weight excluding hydrogens is 394 g/mol. The fraction of sp³-hybridized carbons (Fsp3) is 0.476. The number of esters is 1. The van der Waals surface area contributed by atoms with Crippen molar-refractivity contribution in [3.05, 3.63) is 39.7 Å². The lowest BCUT2D eigenvalue weighted by atomic mass is 10.0. The molecule has 2 rings (SSSR count). The fourth-order valence-electron chi connectivity index (χ4n) is 2.85. The van der Waals surface area contributed by atoms with Crippen LogP contribution in [0.2, 0.25) is 5.02 Å². The molecule has 0 saturated heterocycles. The van der Waals surface area contributed by atoms with Crippen molar-refractivity contribution in [2.45, 2.75) is 53.6 Å². The minimum Gasteiger partial charge on any atom is -0.482 e. The van der Waals surface area contributed by atoms with E-state index in [0.29, 0.717) is 22.2 Å². The summed E-state index contributed by atoms with van der Waals surface area (Å²) >= 11 is 6.19. The Hall–Kier alpha value is -2.54. The van der Waals surface area contributed by atoms with Crippen molar-refractivity contribution < 1.29 is 19.1 Å². The number of aryl methyl sites for hydroxylation is 3. The third kappa shape index (κ3) is 5.50. The number of hydrogen-bond acceptors (Lipinski definition) is 5. The number of nitrogens with one attached hydrogen (secondary N) is 1. The molecule has 8 heteroatoms. The quantitative estimate of drug-likeness (QED) is 0.681. The first kappa shape index (κ1) is 22.7. The van der Waals surface area contributed by atoms with Gasteiger partial charge >= 0.3 is 5.97 Å². The van der Waals surface area contributed by atoms with E-state index >= 15 is 0 Å². The van der Waals surface area contributed by atoms with Crippen LogP contribution in [0.4, 0.5) is 5.69 Å². The molecule has 29 heavy (non-hydrogen) atoms. The number of hydrogen-bond donors (Lipinski definition) is 1. The second-order valence-corrected chi connectivity index (χ2v) is 7.78. The van der Waals surface area contributed by atoms with Crippen LogP contribution >= 0.6 is 11.6 Å². The summed E-state index contributed by atoms with van der Waals surface area (Å²) < 4.78 is 12.6. The smallest absolute Gasteiger partial charge is 0.344 e. The van der Waals surface area contributed by atoms with Gasteiger partial charge in [0.25, 0.3) is 5.91 Å². The molecule has 0 aliphatic rings. The first-order valence-electron chi connectivity index (χ1n) is 9.44. The van der Waals surface area contributed by atoms with Crippen LogP contribution in [0.3, 0.4) is 0 Å². The summed E-state index contributed by atoms with van der Waals surface area (Å²) in [4.78, 5) is 24.6. The van der Waals surface area contributed by atoms with Crippen LogP contribution in [-0.4, -0.2) is 34.4 Å². The minimum atomic E-state index is -0.971. The normalized spacial score (nSPS) is 12.0. The van der Waals surface area contributed by atoms with Crippen LogP contribution < -0.4 is 10.1 Å². The number of rotatable bonds is 7. The van der Waals surface area contributed by atoms with Crippen LogP contribution in [0.1, 0.15) is 49.2 Å². The molecule has 0 fully saturated rings. The molecule has 7 nitrogen and oxygen atoms in total. The Labute approximate surface area is 176 Å². The highest BCUT2D eigenvalue weighted by Gasteiger charge is 2.21. The lowest BCUT2D eigenvalue weighted by Crippen LogP contribution is -2.32. The van der Waals surface area contributed by atoms with Gasteiger partial charge < -0.3 is 14.8 Å². The third-order valence-corrected chi connectivity index (χ3v) is 5.10. The zero-order valence-electron chi connectivity index (χ0n) is 17.9. The van der Waals surface area contributed by atoms with Crippen molar-refractivity contribution in [2.75, 3.05) is 11.9 Å². The van der Waals surface area contributed by atoms with Crippen LogP contribution in [0.5, 0.6) is 5.75 Å². The standard InChI is InChI=1S/C21H28ClN3O4/c1-11(2)16-9-17(22)12(3)8-18(16)28-10-19(26)29-15(6)21(27)23-20-13(4)24-25(7)14(20)5/h8-9,11,15H,10H2,1-7H3,(H,23,27)/t15-/m0/s1. The van der Waals surface area contributed by atoms with Crippen LogP contribution in [0.25, 0.3) is 0 Å².